The van der Waals surface area contributed by atoms with E-state index in [0.29, 0.717) is 17.9 Å². The number of ether oxygens (including phenoxy) is 1. The SMILES string of the molecule is CCOc1cccc(C(=O)NC(=S)Nc2cccc3ccc(C)nc23)c1. The Morgan fingerprint density at radius 1 is 1.15 bits per heavy atom. The molecule has 0 aliphatic rings. The highest BCUT2D eigenvalue weighted by Crippen LogP contribution is 2.21. The Hall–Kier alpha value is -2.99. The lowest BCUT2D eigenvalue weighted by molar-refractivity contribution is 0.0977. The van der Waals surface area contributed by atoms with Crippen LogP contribution in [0.3, 0.4) is 0 Å². The molecule has 3 rings (SSSR count). The third kappa shape index (κ3) is 4.15. The summed E-state index contributed by atoms with van der Waals surface area (Å²) in [6.07, 6.45) is 0. The lowest BCUT2D eigenvalue weighted by Crippen LogP contribution is -2.34. The third-order valence-corrected chi connectivity index (χ3v) is 3.95. The van der Waals surface area contributed by atoms with Crippen LogP contribution in [0.25, 0.3) is 10.9 Å². The predicted molar refractivity (Wildman–Crippen MR) is 108 cm³/mol. The zero-order valence-corrected chi connectivity index (χ0v) is 15.4. The van der Waals surface area contributed by atoms with Crippen LogP contribution in [0.5, 0.6) is 5.75 Å². The molecule has 1 heterocycles. The van der Waals surface area contributed by atoms with Gasteiger partial charge in [-0.05, 0) is 56.4 Å². The first-order valence-electron chi connectivity index (χ1n) is 8.28. The maximum atomic E-state index is 12.4. The van der Waals surface area contributed by atoms with Crippen molar-refractivity contribution in [3.05, 3.63) is 65.9 Å². The number of hydrogen-bond donors (Lipinski definition) is 2. The topological polar surface area (TPSA) is 63.2 Å². The summed E-state index contributed by atoms with van der Waals surface area (Å²) in [5.74, 6) is 0.348. The van der Waals surface area contributed by atoms with Gasteiger partial charge in [0.2, 0.25) is 0 Å². The molecule has 2 aromatic carbocycles. The fraction of sp³-hybridized carbons (Fsp3) is 0.150. The van der Waals surface area contributed by atoms with Crippen molar-refractivity contribution >= 4 is 39.8 Å². The summed E-state index contributed by atoms with van der Waals surface area (Å²) < 4.78 is 5.42. The van der Waals surface area contributed by atoms with Crippen LogP contribution in [0.4, 0.5) is 5.69 Å². The number of aryl methyl sites for hydroxylation is 1. The number of para-hydroxylation sites is 1. The van der Waals surface area contributed by atoms with Crippen molar-refractivity contribution in [1.29, 1.82) is 0 Å². The Balaban J connectivity index is 1.74. The smallest absolute Gasteiger partial charge is 0.257 e. The minimum absolute atomic E-state index is 0.215. The number of pyridine rings is 1. The van der Waals surface area contributed by atoms with Crippen molar-refractivity contribution in [2.75, 3.05) is 11.9 Å². The summed E-state index contributed by atoms with van der Waals surface area (Å²) in [5, 5.41) is 6.96. The van der Waals surface area contributed by atoms with Crippen LogP contribution in [0, 0.1) is 6.92 Å². The zero-order chi connectivity index (χ0) is 18.5. The van der Waals surface area contributed by atoms with E-state index in [0.717, 1.165) is 22.3 Å². The summed E-state index contributed by atoms with van der Waals surface area (Å²) in [7, 11) is 0. The Kier molecular flexibility index (Phi) is 5.43. The van der Waals surface area contributed by atoms with E-state index in [1.54, 1.807) is 24.3 Å². The number of benzene rings is 2. The molecule has 2 N–H and O–H groups in total. The van der Waals surface area contributed by atoms with Gasteiger partial charge in [-0.25, -0.2) is 0 Å². The van der Waals surface area contributed by atoms with Crippen LogP contribution in [0.2, 0.25) is 0 Å². The second-order valence-electron chi connectivity index (χ2n) is 5.70. The van der Waals surface area contributed by atoms with Gasteiger partial charge in [-0.2, -0.15) is 0 Å². The van der Waals surface area contributed by atoms with Gasteiger partial charge in [0.25, 0.3) is 5.91 Å². The molecule has 5 nitrogen and oxygen atoms in total. The van der Waals surface area contributed by atoms with E-state index in [2.05, 4.69) is 15.6 Å². The van der Waals surface area contributed by atoms with Crippen molar-refractivity contribution < 1.29 is 9.53 Å². The molecule has 6 heteroatoms. The molecular weight excluding hydrogens is 346 g/mol. The van der Waals surface area contributed by atoms with Crippen molar-refractivity contribution in [3.63, 3.8) is 0 Å². The fourth-order valence-corrected chi connectivity index (χ4v) is 2.77. The average molecular weight is 365 g/mol. The van der Waals surface area contributed by atoms with E-state index in [1.165, 1.54) is 0 Å². The highest BCUT2D eigenvalue weighted by molar-refractivity contribution is 7.80. The fourth-order valence-electron chi connectivity index (χ4n) is 2.57. The van der Waals surface area contributed by atoms with Crippen LogP contribution in [-0.2, 0) is 0 Å². The number of amides is 1. The quantitative estimate of drug-likeness (QED) is 0.683. The van der Waals surface area contributed by atoms with Gasteiger partial charge in [0.05, 0.1) is 17.8 Å². The van der Waals surface area contributed by atoms with E-state index >= 15 is 0 Å². The number of aromatic nitrogens is 1. The number of anilines is 1. The number of hydrogen-bond acceptors (Lipinski definition) is 4. The highest BCUT2D eigenvalue weighted by Gasteiger charge is 2.10. The molecule has 0 radical (unpaired) electrons. The van der Waals surface area contributed by atoms with E-state index < -0.39 is 0 Å². The number of fused-ring (bicyclic) bond motifs is 1. The predicted octanol–water partition coefficient (Wildman–Crippen LogP) is 4.07. The highest BCUT2D eigenvalue weighted by atomic mass is 32.1. The Morgan fingerprint density at radius 3 is 2.77 bits per heavy atom. The lowest BCUT2D eigenvalue weighted by atomic mass is 10.2. The van der Waals surface area contributed by atoms with Gasteiger partial charge in [0.15, 0.2) is 5.11 Å². The molecule has 3 aromatic rings. The summed E-state index contributed by atoms with van der Waals surface area (Å²) in [6.45, 7) is 4.37. The summed E-state index contributed by atoms with van der Waals surface area (Å²) >= 11 is 5.29. The zero-order valence-electron chi connectivity index (χ0n) is 14.6. The standard InChI is InChI=1S/C20H19N3O2S/c1-3-25-16-8-4-7-15(12-16)19(24)23-20(26)22-17-9-5-6-14-11-10-13(2)21-18(14)17/h4-12H,3H2,1-2H3,(H2,22,23,24,26). The van der Waals surface area contributed by atoms with Crippen molar-refractivity contribution in [2.24, 2.45) is 0 Å². The van der Waals surface area contributed by atoms with E-state index in [-0.39, 0.29) is 11.0 Å². The molecule has 0 fully saturated rings. The molecule has 26 heavy (non-hydrogen) atoms. The Bertz CT molecular complexity index is 972. The first-order chi connectivity index (χ1) is 12.6. The number of rotatable bonds is 4. The molecule has 0 unspecified atom stereocenters. The molecular formula is C20H19N3O2S. The average Bonchev–Trinajstić information content (AvgIpc) is 2.62. The van der Waals surface area contributed by atoms with Crippen molar-refractivity contribution in [1.82, 2.24) is 10.3 Å². The number of nitrogens with zero attached hydrogens (tertiary/aromatic N) is 1. The van der Waals surface area contributed by atoms with E-state index in [1.807, 2.05) is 44.2 Å². The second kappa shape index (κ2) is 7.93. The molecule has 0 bridgehead atoms. The normalized spacial score (nSPS) is 10.4. The minimum Gasteiger partial charge on any atom is -0.494 e. The monoisotopic (exact) mass is 365 g/mol. The number of carbonyl (C=O) groups excluding carboxylic acids is 1. The molecule has 0 atom stereocenters. The number of nitrogens with one attached hydrogen (secondary N) is 2. The first-order valence-corrected chi connectivity index (χ1v) is 8.69. The van der Waals surface area contributed by atoms with Gasteiger partial charge in [0, 0.05) is 16.6 Å². The van der Waals surface area contributed by atoms with Crippen LogP contribution >= 0.6 is 12.2 Å². The van der Waals surface area contributed by atoms with Crippen molar-refractivity contribution in [2.45, 2.75) is 13.8 Å². The molecule has 0 aliphatic heterocycles. The summed E-state index contributed by atoms with van der Waals surface area (Å²) in [6, 6.07) is 16.7. The van der Waals surface area contributed by atoms with Gasteiger partial charge in [0.1, 0.15) is 5.75 Å². The van der Waals surface area contributed by atoms with E-state index in [9.17, 15) is 4.79 Å². The number of thiocarbonyl (C=S) groups is 1. The molecule has 132 valence electrons. The van der Waals surface area contributed by atoms with Gasteiger partial charge >= 0.3 is 0 Å². The van der Waals surface area contributed by atoms with Gasteiger partial charge < -0.3 is 10.1 Å². The Morgan fingerprint density at radius 2 is 1.96 bits per heavy atom. The summed E-state index contributed by atoms with van der Waals surface area (Å²) in [5.41, 5.74) is 2.95. The molecule has 0 saturated carbocycles. The van der Waals surface area contributed by atoms with Crippen molar-refractivity contribution in [3.8, 4) is 5.75 Å². The van der Waals surface area contributed by atoms with Crippen LogP contribution in [-0.4, -0.2) is 22.6 Å². The van der Waals surface area contributed by atoms with Gasteiger partial charge in [-0.1, -0.05) is 24.3 Å². The maximum Gasteiger partial charge on any atom is 0.257 e. The molecule has 0 spiro atoms. The minimum atomic E-state index is -0.298. The molecule has 0 aliphatic carbocycles. The molecule has 1 aromatic heterocycles. The van der Waals surface area contributed by atoms with Crippen LogP contribution < -0.4 is 15.4 Å². The molecule has 0 saturated heterocycles. The maximum absolute atomic E-state index is 12.4. The van der Waals surface area contributed by atoms with Gasteiger partial charge in [-0.15, -0.1) is 0 Å². The van der Waals surface area contributed by atoms with Crippen LogP contribution in [0.15, 0.2) is 54.6 Å². The third-order valence-electron chi connectivity index (χ3n) is 3.74. The lowest BCUT2D eigenvalue weighted by Gasteiger charge is -2.12. The molecule has 1 amide bonds. The number of carbonyl (C=O) groups is 1. The van der Waals surface area contributed by atoms with Crippen LogP contribution in [0.1, 0.15) is 23.0 Å². The largest absolute Gasteiger partial charge is 0.494 e. The first kappa shape index (κ1) is 17.8. The van der Waals surface area contributed by atoms with Gasteiger partial charge in [-0.3, -0.25) is 15.1 Å². The van der Waals surface area contributed by atoms with E-state index in [4.69, 9.17) is 17.0 Å². The summed E-state index contributed by atoms with van der Waals surface area (Å²) in [4.78, 5) is 17.0. The second-order valence-corrected chi connectivity index (χ2v) is 6.11. The Labute approximate surface area is 157 Å².